The van der Waals surface area contributed by atoms with E-state index in [0.717, 1.165) is 12.2 Å². The van der Waals surface area contributed by atoms with Crippen LogP contribution < -0.4 is 5.59 Å². The average molecular weight is 142 g/mol. The molecule has 1 saturated heterocycles. The van der Waals surface area contributed by atoms with Gasteiger partial charge >= 0.3 is 0 Å². The minimum absolute atomic E-state index is 0.284. The molecule has 10 heavy (non-hydrogen) atoms. The molecule has 0 aliphatic carbocycles. The number of nitrogens with zero attached hydrogens (tertiary/aromatic N) is 1. The van der Waals surface area contributed by atoms with Crippen LogP contribution in [0.3, 0.4) is 0 Å². The molecule has 0 bridgehead atoms. The normalized spacial score (nSPS) is 31.1. The van der Waals surface area contributed by atoms with Crippen LogP contribution in [-0.2, 0) is 9.57 Å². The van der Waals surface area contributed by atoms with Gasteiger partial charge in [0.25, 0.3) is 0 Å². The molecule has 1 atom stereocenters. The van der Waals surface area contributed by atoms with Crippen LogP contribution in [0.2, 0.25) is 0 Å². The fourth-order valence-corrected chi connectivity index (χ4v) is 1.08. The zero-order valence-corrected chi connectivity index (χ0v) is 5.83. The fraction of sp³-hybridized carbons (Fsp3) is 0.667. The highest BCUT2D eigenvalue weighted by Crippen LogP contribution is 2.15. The zero-order chi connectivity index (χ0) is 6.97. The van der Waals surface area contributed by atoms with Crippen molar-refractivity contribution in [3.63, 3.8) is 0 Å². The molecule has 0 spiro atoms. The summed E-state index contributed by atoms with van der Waals surface area (Å²) in [5.74, 6) is 0. The summed E-state index contributed by atoms with van der Waals surface area (Å²) < 4.78 is 5.36. The smallest absolute Gasteiger partial charge is 0.136 e. The predicted molar refractivity (Wildman–Crippen MR) is 34.4 cm³/mol. The minimum atomic E-state index is 0.284. The van der Waals surface area contributed by atoms with Gasteiger partial charge in [-0.3, -0.25) is 5.01 Å². The summed E-state index contributed by atoms with van der Waals surface area (Å²) in [6.45, 7) is 3.54. The molecule has 0 unspecified atom stereocenters. The van der Waals surface area contributed by atoms with Crippen LogP contribution >= 0.6 is 0 Å². The Balaban J connectivity index is 2.06. The Morgan fingerprint density at radius 1 is 1.80 bits per heavy atom. The Bertz CT molecular complexity index is 169. The van der Waals surface area contributed by atoms with Crippen LogP contribution in [0.15, 0.2) is 12.0 Å². The van der Waals surface area contributed by atoms with Crippen LogP contribution in [-0.4, -0.2) is 24.3 Å². The van der Waals surface area contributed by atoms with E-state index < -0.39 is 0 Å². The van der Waals surface area contributed by atoms with Gasteiger partial charge in [0.2, 0.25) is 0 Å². The Hall–Kier alpha value is -0.740. The van der Waals surface area contributed by atoms with Gasteiger partial charge in [-0.15, -0.1) is 0 Å². The molecule has 0 aromatic rings. The van der Waals surface area contributed by atoms with Crippen molar-refractivity contribution >= 4 is 0 Å². The van der Waals surface area contributed by atoms with Crippen molar-refractivity contribution in [1.29, 1.82) is 0 Å². The Morgan fingerprint density at radius 3 is 3.60 bits per heavy atom. The van der Waals surface area contributed by atoms with Crippen molar-refractivity contribution in [1.82, 2.24) is 10.6 Å². The lowest BCUT2D eigenvalue weighted by Crippen LogP contribution is -2.42. The monoisotopic (exact) mass is 142 g/mol. The summed E-state index contributed by atoms with van der Waals surface area (Å²) in [7, 11) is 0. The first-order chi connectivity index (χ1) is 4.86. The highest BCUT2D eigenvalue weighted by Gasteiger charge is 2.24. The van der Waals surface area contributed by atoms with E-state index in [2.05, 4.69) is 5.59 Å². The third kappa shape index (κ3) is 0.853. The van der Waals surface area contributed by atoms with Gasteiger partial charge in [0.1, 0.15) is 6.26 Å². The second-order valence-electron chi connectivity index (χ2n) is 2.55. The Labute approximate surface area is 59.3 Å². The van der Waals surface area contributed by atoms with Crippen molar-refractivity contribution in [2.75, 3.05) is 13.2 Å². The lowest BCUT2D eigenvalue weighted by atomic mass is 10.3. The first kappa shape index (κ1) is 6.00. The second-order valence-corrected chi connectivity index (χ2v) is 2.55. The molecule has 0 saturated carbocycles. The van der Waals surface area contributed by atoms with E-state index in [9.17, 15) is 0 Å². The highest BCUT2D eigenvalue weighted by atomic mass is 16.7. The van der Waals surface area contributed by atoms with E-state index in [-0.39, 0.29) is 6.10 Å². The van der Waals surface area contributed by atoms with Gasteiger partial charge in [0.05, 0.1) is 25.0 Å². The fourth-order valence-electron chi connectivity index (χ4n) is 1.08. The number of morpholine rings is 1. The van der Waals surface area contributed by atoms with E-state index in [1.807, 2.05) is 11.9 Å². The predicted octanol–water partition coefficient (Wildman–Crippen LogP) is -0.00170. The van der Waals surface area contributed by atoms with E-state index in [0.29, 0.717) is 6.61 Å². The van der Waals surface area contributed by atoms with Gasteiger partial charge in [0, 0.05) is 0 Å². The first-order valence-electron chi connectivity index (χ1n) is 3.36. The standard InChI is InChI=1S/C6H10N2O2/c1-5-2-8-6(3-9-5)4-10-7-8/h4-5,7H,2-3H2,1H3/t5-/m0/s1. The molecule has 0 aromatic heterocycles. The van der Waals surface area contributed by atoms with Crippen molar-refractivity contribution < 1.29 is 9.57 Å². The van der Waals surface area contributed by atoms with Crippen molar-refractivity contribution in [3.8, 4) is 0 Å². The second kappa shape index (κ2) is 2.14. The molecule has 2 aliphatic rings. The maximum absolute atomic E-state index is 5.36. The molecule has 0 radical (unpaired) electrons. The summed E-state index contributed by atoms with van der Waals surface area (Å²) in [5.41, 5.74) is 3.82. The van der Waals surface area contributed by atoms with Gasteiger partial charge in [-0.05, 0) is 6.92 Å². The van der Waals surface area contributed by atoms with Crippen molar-refractivity contribution in [3.05, 3.63) is 12.0 Å². The third-order valence-corrected chi connectivity index (χ3v) is 1.66. The summed E-state index contributed by atoms with van der Waals surface area (Å²) in [6.07, 6.45) is 1.96. The summed E-state index contributed by atoms with van der Waals surface area (Å²) in [6, 6.07) is 0. The number of hydrogen-bond donors (Lipinski definition) is 1. The van der Waals surface area contributed by atoms with E-state index in [4.69, 9.17) is 9.57 Å². The number of fused-ring (bicyclic) bond motifs is 1. The van der Waals surface area contributed by atoms with Crippen LogP contribution in [0.25, 0.3) is 0 Å². The Morgan fingerprint density at radius 2 is 2.70 bits per heavy atom. The molecule has 0 amide bonds. The summed E-state index contributed by atoms with van der Waals surface area (Å²) >= 11 is 0. The quantitative estimate of drug-likeness (QED) is 0.516. The van der Waals surface area contributed by atoms with Crippen LogP contribution in [0.5, 0.6) is 0 Å². The van der Waals surface area contributed by atoms with Crippen molar-refractivity contribution in [2.45, 2.75) is 13.0 Å². The zero-order valence-electron chi connectivity index (χ0n) is 5.83. The molecule has 2 aliphatic heterocycles. The van der Waals surface area contributed by atoms with Crippen molar-refractivity contribution in [2.24, 2.45) is 0 Å². The third-order valence-electron chi connectivity index (χ3n) is 1.66. The average Bonchev–Trinajstić information content (AvgIpc) is 2.33. The maximum Gasteiger partial charge on any atom is 0.136 e. The van der Waals surface area contributed by atoms with E-state index in [1.54, 1.807) is 6.26 Å². The lowest BCUT2D eigenvalue weighted by molar-refractivity contribution is -0.0459. The van der Waals surface area contributed by atoms with Crippen LogP contribution in [0.4, 0.5) is 0 Å². The largest absolute Gasteiger partial charge is 0.395 e. The number of rotatable bonds is 0. The number of nitrogens with one attached hydrogen (secondary N) is 1. The van der Waals surface area contributed by atoms with Gasteiger partial charge in [-0.25, -0.2) is 0 Å². The van der Waals surface area contributed by atoms with Crippen LogP contribution in [0.1, 0.15) is 6.92 Å². The number of hydrazine groups is 1. The molecule has 2 rings (SSSR count). The molecule has 4 nitrogen and oxygen atoms in total. The minimum Gasteiger partial charge on any atom is -0.395 e. The van der Waals surface area contributed by atoms with E-state index >= 15 is 0 Å². The van der Waals surface area contributed by atoms with Gasteiger partial charge in [-0.2, -0.15) is 0 Å². The van der Waals surface area contributed by atoms with Gasteiger partial charge in [-0.1, -0.05) is 5.59 Å². The molecule has 56 valence electrons. The van der Waals surface area contributed by atoms with Crippen LogP contribution in [0, 0.1) is 0 Å². The molecule has 0 aromatic carbocycles. The maximum atomic E-state index is 5.36. The first-order valence-corrected chi connectivity index (χ1v) is 3.36. The molecule has 4 heteroatoms. The topological polar surface area (TPSA) is 33.7 Å². The number of hydrogen-bond acceptors (Lipinski definition) is 4. The SMILES string of the molecule is C[C@H]1CN2NOC=C2CO1. The number of ether oxygens (including phenoxy) is 1. The van der Waals surface area contributed by atoms with Gasteiger partial charge in [0.15, 0.2) is 0 Å². The molecule has 1 fully saturated rings. The highest BCUT2D eigenvalue weighted by molar-refractivity contribution is 5.01. The van der Waals surface area contributed by atoms with E-state index in [1.165, 1.54) is 0 Å². The Kier molecular flexibility index (Phi) is 1.28. The molecule has 2 heterocycles. The molecular weight excluding hydrogens is 132 g/mol. The molecule has 1 N–H and O–H groups in total. The lowest BCUT2D eigenvalue weighted by Gasteiger charge is -2.28. The van der Waals surface area contributed by atoms with Gasteiger partial charge < -0.3 is 9.57 Å². The molecular formula is C6H10N2O2. The summed E-state index contributed by atoms with van der Waals surface area (Å²) in [5, 5.41) is 1.95. The summed E-state index contributed by atoms with van der Waals surface area (Å²) in [4.78, 5) is 4.87.